The average molecular weight is 227 g/mol. The second kappa shape index (κ2) is 10.7. The molecule has 0 aromatic rings. The van der Waals surface area contributed by atoms with Gasteiger partial charge < -0.3 is 9.64 Å². The third-order valence-corrected chi connectivity index (χ3v) is 2.42. The molecule has 0 aliphatic rings. The van der Waals surface area contributed by atoms with Crippen LogP contribution >= 0.6 is 0 Å². The molecule has 0 saturated heterocycles. The summed E-state index contributed by atoms with van der Waals surface area (Å²) in [5.74, 6) is 0.242. The molecule has 0 atom stereocenters. The maximum Gasteiger partial charge on any atom is 0.184 e. The minimum absolute atomic E-state index is 0.242. The number of nitrogens with zero attached hydrogens (tertiary/aromatic N) is 1. The van der Waals surface area contributed by atoms with Crippen molar-refractivity contribution < 1.29 is 9.53 Å². The van der Waals surface area contributed by atoms with E-state index in [1.54, 1.807) is 0 Å². The highest BCUT2D eigenvalue weighted by Gasteiger charge is 1.94. The molecular weight excluding hydrogens is 202 g/mol. The summed E-state index contributed by atoms with van der Waals surface area (Å²) in [7, 11) is 4.22. The minimum atomic E-state index is 0.242. The summed E-state index contributed by atoms with van der Waals surface area (Å²) in [5, 5.41) is 0. The maximum absolute atomic E-state index is 10.2. The highest BCUT2D eigenvalue weighted by atomic mass is 16.5. The molecule has 0 fully saturated rings. The molecule has 0 amide bonds. The van der Waals surface area contributed by atoms with Gasteiger partial charge in [-0.2, -0.15) is 0 Å². The van der Waals surface area contributed by atoms with Crippen molar-refractivity contribution in [2.45, 2.75) is 38.5 Å². The summed E-state index contributed by atoms with van der Waals surface area (Å²) in [4.78, 5) is 12.4. The SMILES string of the molecule is C=C(C=O)OCCCCCCCCN(C)C. The summed E-state index contributed by atoms with van der Waals surface area (Å²) in [5.41, 5.74) is 0. The van der Waals surface area contributed by atoms with E-state index in [1.165, 1.54) is 38.6 Å². The Labute approximate surface area is 99.5 Å². The molecule has 0 N–H and O–H groups in total. The number of rotatable bonds is 11. The van der Waals surface area contributed by atoms with E-state index >= 15 is 0 Å². The van der Waals surface area contributed by atoms with Gasteiger partial charge >= 0.3 is 0 Å². The second-order valence-corrected chi connectivity index (χ2v) is 4.36. The van der Waals surface area contributed by atoms with Gasteiger partial charge in [-0.3, -0.25) is 4.79 Å². The fourth-order valence-electron chi connectivity index (χ4n) is 1.47. The monoisotopic (exact) mass is 227 g/mol. The fourth-order valence-corrected chi connectivity index (χ4v) is 1.47. The van der Waals surface area contributed by atoms with Crippen molar-refractivity contribution in [1.29, 1.82) is 0 Å². The van der Waals surface area contributed by atoms with Gasteiger partial charge in [0.1, 0.15) is 0 Å². The summed E-state index contributed by atoms with van der Waals surface area (Å²) < 4.78 is 5.08. The van der Waals surface area contributed by atoms with Gasteiger partial charge in [0.2, 0.25) is 0 Å². The molecule has 0 radical (unpaired) electrons. The molecule has 0 aliphatic carbocycles. The predicted octanol–water partition coefficient (Wildman–Crippen LogP) is 2.62. The van der Waals surface area contributed by atoms with E-state index in [2.05, 4.69) is 25.6 Å². The highest BCUT2D eigenvalue weighted by molar-refractivity contribution is 5.68. The Kier molecular flexibility index (Phi) is 10.1. The van der Waals surface area contributed by atoms with E-state index in [-0.39, 0.29) is 5.76 Å². The summed E-state index contributed by atoms with van der Waals surface area (Å²) in [6, 6.07) is 0. The van der Waals surface area contributed by atoms with Gasteiger partial charge in [-0.15, -0.1) is 0 Å². The normalized spacial score (nSPS) is 10.4. The third-order valence-electron chi connectivity index (χ3n) is 2.42. The lowest BCUT2D eigenvalue weighted by Crippen LogP contribution is -2.12. The van der Waals surface area contributed by atoms with Crippen LogP contribution in [0.2, 0.25) is 0 Å². The van der Waals surface area contributed by atoms with Crippen molar-refractivity contribution in [3.05, 3.63) is 12.3 Å². The van der Waals surface area contributed by atoms with E-state index in [0.717, 1.165) is 6.42 Å². The molecule has 0 rings (SSSR count). The molecule has 3 heteroatoms. The lowest BCUT2D eigenvalue weighted by molar-refractivity contribution is -0.107. The Balaban J connectivity index is 3.04. The van der Waals surface area contributed by atoms with Crippen molar-refractivity contribution in [3.8, 4) is 0 Å². The lowest BCUT2D eigenvalue weighted by Gasteiger charge is -2.08. The van der Waals surface area contributed by atoms with Crippen molar-refractivity contribution in [2.75, 3.05) is 27.2 Å². The largest absolute Gasteiger partial charge is 0.491 e. The Hall–Kier alpha value is -0.830. The fraction of sp³-hybridized carbons (Fsp3) is 0.769. The van der Waals surface area contributed by atoms with E-state index in [0.29, 0.717) is 12.9 Å². The number of unbranched alkanes of at least 4 members (excludes halogenated alkanes) is 5. The smallest absolute Gasteiger partial charge is 0.184 e. The second-order valence-electron chi connectivity index (χ2n) is 4.36. The van der Waals surface area contributed by atoms with Crippen LogP contribution in [0, 0.1) is 0 Å². The first-order valence-corrected chi connectivity index (χ1v) is 6.08. The molecule has 0 aromatic carbocycles. The van der Waals surface area contributed by atoms with E-state index in [1.807, 2.05) is 0 Å². The number of carbonyl (C=O) groups is 1. The average Bonchev–Trinajstić information content (AvgIpc) is 2.26. The summed E-state index contributed by atoms with van der Waals surface area (Å²) >= 11 is 0. The van der Waals surface area contributed by atoms with Crippen LogP contribution in [0.3, 0.4) is 0 Å². The number of carbonyl (C=O) groups excluding carboxylic acids is 1. The molecular formula is C13H25NO2. The molecule has 0 aromatic heterocycles. The first-order valence-electron chi connectivity index (χ1n) is 6.08. The quantitative estimate of drug-likeness (QED) is 0.235. The third kappa shape index (κ3) is 11.2. The molecule has 0 saturated carbocycles. The Morgan fingerprint density at radius 1 is 1.12 bits per heavy atom. The minimum Gasteiger partial charge on any atom is -0.491 e. The predicted molar refractivity (Wildman–Crippen MR) is 67.4 cm³/mol. The number of hydrogen-bond donors (Lipinski definition) is 0. The topological polar surface area (TPSA) is 29.5 Å². The van der Waals surface area contributed by atoms with Crippen LogP contribution in [0.5, 0.6) is 0 Å². The Bertz CT molecular complexity index is 190. The molecule has 0 bridgehead atoms. The Morgan fingerprint density at radius 2 is 1.69 bits per heavy atom. The number of hydrogen-bond acceptors (Lipinski definition) is 3. The van der Waals surface area contributed by atoms with Gasteiger partial charge in [-0.25, -0.2) is 0 Å². The van der Waals surface area contributed by atoms with Gasteiger partial charge in [0.15, 0.2) is 12.0 Å². The van der Waals surface area contributed by atoms with Gasteiger partial charge in [0.25, 0.3) is 0 Å². The highest BCUT2D eigenvalue weighted by Crippen LogP contribution is 2.06. The van der Waals surface area contributed by atoms with Crippen LogP contribution in [-0.2, 0) is 9.53 Å². The van der Waals surface area contributed by atoms with Gasteiger partial charge in [-0.1, -0.05) is 32.3 Å². The number of ether oxygens (including phenoxy) is 1. The molecule has 0 spiro atoms. The van der Waals surface area contributed by atoms with Crippen LogP contribution in [0.1, 0.15) is 38.5 Å². The van der Waals surface area contributed by atoms with Crippen LogP contribution < -0.4 is 0 Å². The van der Waals surface area contributed by atoms with Gasteiger partial charge in [0, 0.05) is 0 Å². The molecule has 94 valence electrons. The van der Waals surface area contributed by atoms with E-state index < -0.39 is 0 Å². The maximum atomic E-state index is 10.2. The molecule has 0 heterocycles. The van der Waals surface area contributed by atoms with Crippen LogP contribution in [-0.4, -0.2) is 38.4 Å². The Morgan fingerprint density at radius 3 is 2.25 bits per heavy atom. The number of allylic oxidation sites excluding steroid dienone is 1. The summed E-state index contributed by atoms with van der Waals surface area (Å²) in [6.45, 7) is 5.26. The molecule has 0 aliphatic heterocycles. The zero-order valence-electron chi connectivity index (χ0n) is 10.7. The lowest BCUT2D eigenvalue weighted by atomic mass is 10.1. The first kappa shape index (κ1) is 15.2. The van der Waals surface area contributed by atoms with Crippen LogP contribution in [0.4, 0.5) is 0 Å². The van der Waals surface area contributed by atoms with E-state index in [4.69, 9.17) is 4.74 Å². The van der Waals surface area contributed by atoms with Crippen LogP contribution in [0.25, 0.3) is 0 Å². The van der Waals surface area contributed by atoms with Crippen LogP contribution in [0.15, 0.2) is 12.3 Å². The number of aldehydes is 1. The van der Waals surface area contributed by atoms with Crippen molar-refractivity contribution in [3.63, 3.8) is 0 Å². The van der Waals surface area contributed by atoms with Gasteiger partial charge in [-0.05, 0) is 33.5 Å². The zero-order chi connectivity index (χ0) is 12.2. The molecule has 3 nitrogen and oxygen atoms in total. The van der Waals surface area contributed by atoms with Crippen molar-refractivity contribution in [2.24, 2.45) is 0 Å². The van der Waals surface area contributed by atoms with Crippen molar-refractivity contribution in [1.82, 2.24) is 4.90 Å². The van der Waals surface area contributed by atoms with Crippen molar-refractivity contribution >= 4 is 6.29 Å². The van der Waals surface area contributed by atoms with Gasteiger partial charge in [0.05, 0.1) is 6.61 Å². The standard InChI is InChI=1S/C13H25NO2/c1-13(12-15)16-11-9-7-5-4-6-8-10-14(2)3/h12H,1,4-11H2,2-3H3. The van der Waals surface area contributed by atoms with E-state index in [9.17, 15) is 4.79 Å². The summed E-state index contributed by atoms with van der Waals surface area (Å²) in [6.07, 6.45) is 7.98. The first-order chi connectivity index (χ1) is 7.66. The molecule has 0 unspecified atom stereocenters. The molecule has 16 heavy (non-hydrogen) atoms. The zero-order valence-corrected chi connectivity index (χ0v) is 10.7.